The summed E-state index contributed by atoms with van der Waals surface area (Å²) in [4.78, 5) is 25.2. The van der Waals surface area contributed by atoms with E-state index in [0.29, 0.717) is 19.6 Å². The third kappa shape index (κ3) is 4.00. The smallest absolute Gasteiger partial charge is 0.231 e. The van der Waals surface area contributed by atoms with Gasteiger partial charge in [-0.15, -0.1) is 0 Å². The minimum Gasteiger partial charge on any atom is -0.454 e. The zero-order chi connectivity index (χ0) is 22.2. The first-order valence-corrected chi connectivity index (χ1v) is 11.5. The average molecular weight is 443 g/mol. The highest BCUT2D eigenvalue weighted by Crippen LogP contribution is 2.33. The molecule has 4 heterocycles. The fraction of sp³-hybridized carbons (Fsp3) is 0.308. The van der Waals surface area contributed by atoms with E-state index in [1.54, 1.807) is 0 Å². The molecule has 2 aromatic heterocycles. The van der Waals surface area contributed by atoms with Gasteiger partial charge >= 0.3 is 0 Å². The zero-order valence-corrected chi connectivity index (χ0v) is 18.4. The number of benzene rings is 2. The average Bonchev–Trinajstić information content (AvgIpc) is 3.47. The van der Waals surface area contributed by atoms with Crippen LogP contribution in [-0.2, 0) is 17.8 Å². The number of hydrogen-bond donors (Lipinski definition) is 1. The van der Waals surface area contributed by atoms with E-state index in [4.69, 9.17) is 9.47 Å². The number of carbonyl (C=O) groups excluding carboxylic acids is 1. The summed E-state index contributed by atoms with van der Waals surface area (Å²) in [6.07, 6.45) is 3.03. The number of hydrogen-bond acceptors (Lipinski definition) is 5. The molecule has 4 aromatic rings. The second-order valence-corrected chi connectivity index (χ2v) is 8.74. The summed E-state index contributed by atoms with van der Waals surface area (Å²) in [7, 11) is 0. The molecule has 1 saturated heterocycles. The fourth-order valence-electron chi connectivity index (χ4n) is 4.78. The number of fused-ring (bicyclic) bond motifs is 4. The number of aromatic amines is 1. The van der Waals surface area contributed by atoms with Gasteiger partial charge in [0.15, 0.2) is 11.5 Å². The number of aryl methyl sites for hydroxylation is 1. The minimum atomic E-state index is 0.207. The molecule has 0 aliphatic carbocycles. The Morgan fingerprint density at radius 3 is 2.70 bits per heavy atom. The first-order valence-electron chi connectivity index (χ1n) is 11.5. The maximum atomic E-state index is 12.8. The Morgan fingerprint density at radius 2 is 1.79 bits per heavy atom. The van der Waals surface area contributed by atoms with E-state index in [1.165, 1.54) is 16.3 Å². The monoisotopic (exact) mass is 442 g/mol. The topological polar surface area (TPSA) is 70.7 Å². The standard InChI is InChI=1S/C26H26N4O3/c31-26(8-6-19-14-21-20-3-1-2-4-22(20)28-23(21)15-27-19)30-11-9-29(10-12-30)16-18-5-7-24-25(13-18)33-17-32-24/h1-5,7,13-15,28H,6,8-12,16-17H2. The summed E-state index contributed by atoms with van der Waals surface area (Å²) in [6, 6.07) is 16.5. The zero-order valence-electron chi connectivity index (χ0n) is 18.4. The first kappa shape index (κ1) is 20.1. The van der Waals surface area contributed by atoms with Gasteiger partial charge in [0, 0.05) is 61.1 Å². The lowest BCUT2D eigenvalue weighted by atomic mass is 10.1. The van der Waals surface area contributed by atoms with Crippen LogP contribution in [0, 0.1) is 0 Å². The summed E-state index contributed by atoms with van der Waals surface area (Å²) in [5.74, 6) is 1.84. The molecular weight excluding hydrogens is 416 g/mol. The van der Waals surface area contributed by atoms with Crippen molar-refractivity contribution in [2.45, 2.75) is 19.4 Å². The maximum Gasteiger partial charge on any atom is 0.231 e. The SMILES string of the molecule is O=C(CCc1cc2c(cn1)[nH]c1ccccc12)N1CCN(Cc2ccc3c(c2)OCO3)CC1. The van der Waals surface area contributed by atoms with Crippen LogP contribution in [0.25, 0.3) is 21.8 Å². The maximum absolute atomic E-state index is 12.8. The van der Waals surface area contributed by atoms with Crippen LogP contribution in [-0.4, -0.2) is 58.6 Å². The van der Waals surface area contributed by atoms with Crippen LogP contribution in [0.3, 0.4) is 0 Å². The molecule has 2 aromatic carbocycles. The van der Waals surface area contributed by atoms with Gasteiger partial charge in [0.05, 0.1) is 11.7 Å². The van der Waals surface area contributed by atoms with Crippen molar-refractivity contribution < 1.29 is 14.3 Å². The summed E-state index contributed by atoms with van der Waals surface area (Å²) in [6.45, 7) is 4.42. The van der Waals surface area contributed by atoms with E-state index in [9.17, 15) is 4.79 Å². The normalized spacial score (nSPS) is 16.1. The van der Waals surface area contributed by atoms with E-state index in [-0.39, 0.29) is 5.91 Å². The molecular formula is C26H26N4O3. The van der Waals surface area contributed by atoms with Crippen molar-refractivity contribution in [1.29, 1.82) is 0 Å². The number of H-pyrrole nitrogens is 1. The molecule has 0 spiro atoms. The van der Waals surface area contributed by atoms with Crippen LogP contribution in [0.2, 0.25) is 0 Å². The Labute approximate surface area is 191 Å². The number of rotatable bonds is 5. The van der Waals surface area contributed by atoms with Gasteiger partial charge in [-0.2, -0.15) is 0 Å². The van der Waals surface area contributed by atoms with Crippen LogP contribution in [0.4, 0.5) is 0 Å². The van der Waals surface area contributed by atoms with Gasteiger partial charge in [-0.3, -0.25) is 14.7 Å². The Hall–Kier alpha value is -3.58. The summed E-state index contributed by atoms with van der Waals surface area (Å²) in [5, 5.41) is 2.36. The number of carbonyl (C=O) groups is 1. The van der Waals surface area contributed by atoms with Gasteiger partial charge in [-0.1, -0.05) is 24.3 Å². The Kier molecular flexibility index (Phi) is 5.11. The molecule has 7 nitrogen and oxygen atoms in total. The number of nitrogens with one attached hydrogen (secondary N) is 1. The molecule has 0 radical (unpaired) electrons. The van der Waals surface area contributed by atoms with Crippen molar-refractivity contribution in [3.63, 3.8) is 0 Å². The van der Waals surface area contributed by atoms with Gasteiger partial charge < -0.3 is 19.4 Å². The van der Waals surface area contributed by atoms with Crippen molar-refractivity contribution >= 4 is 27.7 Å². The molecule has 6 rings (SSSR count). The molecule has 1 fully saturated rings. The molecule has 2 aliphatic rings. The second kappa shape index (κ2) is 8.41. The number of aromatic nitrogens is 2. The van der Waals surface area contributed by atoms with Gasteiger partial charge in [0.25, 0.3) is 0 Å². The highest BCUT2D eigenvalue weighted by atomic mass is 16.7. The largest absolute Gasteiger partial charge is 0.454 e. The number of piperazine rings is 1. The van der Waals surface area contributed by atoms with Crippen LogP contribution in [0.15, 0.2) is 54.7 Å². The highest BCUT2D eigenvalue weighted by Gasteiger charge is 2.22. The lowest BCUT2D eigenvalue weighted by Gasteiger charge is -2.34. The van der Waals surface area contributed by atoms with Crippen molar-refractivity contribution in [2.24, 2.45) is 0 Å². The van der Waals surface area contributed by atoms with Gasteiger partial charge in [-0.25, -0.2) is 0 Å². The van der Waals surface area contributed by atoms with E-state index >= 15 is 0 Å². The van der Waals surface area contributed by atoms with E-state index < -0.39 is 0 Å². The highest BCUT2D eigenvalue weighted by molar-refractivity contribution is 6.06. The second-order valence-electron chi connectivity index (χ2n) is 8.74. The quantitative estimate of drug-likeness (QED) is 0.510. The van der Waals surface area contributed by atoms with E-state index in [0.717, 1.165) is 61.0 Å². The lowest BCUT2D eigenvalue weighted by Crippen LogP contribution is -2.48. The van der Waals surface area contributed by atoms with E-state index in [2.05, 4.69) is 45.2 Å². The van der Waals surface area contributed by atoms with Gasteiger partial charge in [0.1, 0.15) is 0 Å². The molecule has 7 heteroatoms. The third-order valence-electron chi connectivity index (χ3n) is 6.61. The fourth-order valence-corrected chi connectivity index (χ4v) is 4.78. The van der Waals surface area contributed by atoms with Crippen LogP contribution < -0.4 is 9.47 Å². The van der Waals surface area contributed by atoms with Crippen molar-refractivity contribution in [2.75, 3.05) is 33.0 Å². The van der Waals surface area contributed by atoms with Crippen molar-refractivity contribution in [1.82, 2.24) is 19.8 Å². The summed E-state index contributed by atoms with van der Waals surface area (Å²) in [5.41, 5.74) is 4.31. The van der Waals surface area contributed by atoms with E-state index in [1.807, 2.05) is 29.3 Å². The molecule has 0 saturated carbocycles. The Morgan fingerprint density at radius 1 is 0.939 bits per heavy atom. The number of ether oxygens (including phenoxy) is 2. The molecule has 168 valence electrons. The Bertz CT molecular complexity index is 1320. The van der Waals surface area contributed by atoms with Crippen molar-refractivity contribution in [3.05, 3.63) is 66.0 Å². The van der Waals surface area contributed by atoms with Crippen molar-refractivity contribution in [3.8, 4) is 11.5 Å². The molecule has 1 amide bonds. The summed E-state index contributed by atoms with van der Waals surface area (Å²) >= 11 is 0. The predicted octanol–water partition coefficient (Wildman–Crippen LogP) is 3.72. The molecule has 2 aliphatic heterocycles. The Balaban J connectivity index is 1.03. The number of amides is 1. The molecule has 1 N–H and O–H groups in total. The van der Waals surface area contributed by atoms with Crippen LogP contribution in [0.5, 0.6) is 11.5 Å². The first-order chi connectivity index (χ1) is 16.2. The molecule has 0 unspecified atom stereocenters. The van der Waals surface area contributed by atoms with Crippen LogP contribution >= 0.6 is 0 Å². The van der Waals surface area contributed by atoms with Gasteiger partial charge in [-0.05, 0) is 36.2 Å². The molecule has 33 heavy (non-hydrogen) atoms. The van der Waals surface area contributed by atoms with Crippen LogP contribution in [0.1, 0.15) is 17.7 Å². The van der Waals surface area contributed by atoms with Gasteiger partial charge in [0.2, 0.25) is 12.7 Å². The predicted molar refractivity (Wildman–Crippen MR) is 126 cm³/mol. The number of pyridine rings is 1. The lowest BCUT2D eigenvalue weighted by molar-refractivity contribution is -0.133. The number of nitrogens with zero attached hydrogens (tertiary/aromatic N) is 3. The summed E-state index contributed by atoms with van der Waals surface area (Å²) < 4.78 is 10.9. The molecule has 0 atom stereocenters. The minimum absolute atomic E-state index is 0.207. The third-order valence-corrected chi connectivity index (χ3v) is 6.61. The molecule has 0 bridgehead atoms. The number of para-hydroxylation sites is 1.